The second-order valence-electron chi connectivity index (χ2n) is 6.78. The third-order valence-electron chi connectivity index (χ3n) is 4.51. The maximum Gasteiger partial charge on any atom is 0.224 e. The molecule has 0 aliphatic carbocycles. The first-order valence-electron chi connectivity index (χ1n) is 8.59. The highest BCUT2D eigenvalue weighted by atomic mass is 19.1. The summed E-state index contributed by atoms with van der Waals surface area (Å²) in [6, 6.07) is 12.3. The Hall–Kier alpha value is -2.66. The van der Waals surface area contributed by atoms with Gasteiger partial charge in [-0.15, -0.1) is 0 Å². The van der Waals surface area contributed by atoms with Crippen molar-refractivity contribution >= 4 is 16.9 Å². The van der Waals surface area contributed by atoms with Crippen molar-refractivity contribution in [2.24, 2.45) is 0 Å². The van der Waals surface area contributed by atoms with Crippen LogP contribution in [0.15, 0.2) is 53.1 Å². The first-order chi connectivity index (χ1) is 12.4. The molecule has 0 aliphatic rings. The van der Waals surface area contributed by atoms with E-state index in [1.807, 2.05) is 50.2 Å². The largest absolute Gasteiger partial charge is 0.464 e. The Morgan fingerprint density at radius 3 is 2.77 bits per heavy atom. The van der Waals surface area contributed by atoms with Crippen molar-refractivity contribution in [3.8, 4) is 0 Å². The molecule has 0 spiro atoms. The Morgan fingerprint density at radius 2 is 2.04 bits per heavy atom. The van der Waals surface area contributed by atoms with Gasteiger partial charge in [0.2, 0.25) is 5.91 Å². The van der Waals surface area contributed by atoms with Gasteiger partial charge in [-0.25, -0.2) is 4.39 Å². The van der Waals surface area contributed by atoms with Crippen molar-refractivity contribution < 1.29 is 13.6 Å². The predicted molar refractivity (Wildman–Crippen MR) is 100 cm³/mol. The average Bonchev–Trinajstić information content (AvgIpc) is 2.96. The summed E-state index contributed by atoms with van der Waals surface area (Å²) < 4.78 is 19.0. The lowest BCUT2D eigenvalue weighted by Gasteiger charge is -2.25. The van der Waals surface area contributed by atoms with E-state index in [0.717, 1.165) is 27.7 Å². The van der Waals surface area contributed by atoms with Gasteiger partial charge in [0, 0.05) is 17.5 Å². The second kappa shape index (κ2) is 7.70. The van der Waals surface area contributed by atoms with Gasteiger partial charge in [0.1, 0.15) is 11.4 Å². The van der Waals surface area contributed by atoms with Crippen LogP contribution >= 0.6 is 0 Å². The number of benzene rings is 2. The lowest BCUT2D eigenvalue weighted by molar-refractivity contribution is -0.120. The highest BCUT2D eigenvalue weighted by Gasteiger charge is 2.17. The molecule has 1 N–H and O–H groups in total. The zero-order valence-corrected chi connectivity index (χ0v) is 15.3. The topological polar surface area (TPSA) is 45.5 Å². The summed E-state index contributed by atoms with van der Waals surface area (Å²) in [5.74, 6) is -0.364. The lowest BCUT2D eigenvalue weighted by atomic mass is 10.1. The molecule has 0 aliphatic heterocycles. The molecule has 5 heteroatoms. The van der Waals surface area contributed by atoms with E-state index in [9.17, 15) is 9.18 Å². The summed E-state index contributed by atoms with van der Waals surface area (Å²) in [6.07, 6.45) is 1.89. The van der Waals surface area contributed by atoms with Gasteiger partial charge < -0.3 is 14.6 Å². The Labute approximate surface area is 152 Å². The molecule has 4 nitrogen and oxygen atoms in total. The number of nitrogens with zero attached hydrogens (tertiary/aromatic N) is 1. The SMILES string of the molecule is Cc1ccc2c(CC(=O)NCC(c3cccc(F)c3)N(C)C)coc2c1. The molecule has 0 radical (unpaired) electrons. The van der Waals surface area contributed by atoms with Gasteiger partial charge in [-0.05, 0) is 50.3 Å². The number of hydrogen-bond donors (Lipinski definition) is 1. The van der Waals surface area contributed by atoms with Gasteiger partial charge >= 0.3 is 0 Å². The van der Waals surface area contributed by atoms with Crippen LogP contribution in [-0.2, 0) is 11.2 Å². The van der Waals surface area contributed by atoms with Crippen LogP contribution in [0.5, 0.6) is 0 Å². The van der Waals surface area contributed by atoms with Crippen molar-refractivity contribution in [1.29, 1.82) is 0 Å². The van der Waals surface area contributed by atoms with Gasteiger partial charge in [0.05, 0.1) is 18.7 Å². The lowest BCUT2D eigenvalue weighted by Crippen LogP contribution is -2.35. The molecule has 1 amide bonds. The zero-order valence-electron chi connectivity index (χ0n) is 15.3. The zero-order chi connectivity index (χ0) is 18.7. The van der Waals surface area contributed by atoms with Crippen molar-refractivity contribution in [2.45, 2.75) is 19.4 Å². The van der Waals surface area contributed by atoms with E-state index in [-0.39, 0.29) is 24.2 Å². The van der Waals surface area contributed by atoms with E-state index in [1.54, 1.807) is 12.3 Å². The van der Waals surface area contributed by atoms with E-state index in [0.29, 0.717) is 6.54 Å². The van der Waals surface area contributed by atoms with E-state index in [1.165, 1.54) is 12.1 Å². The first kappa shape index (κ1) is 18.1. The number of fused-ring (bicyclic) bond motifs is 1. The monoisotopic (exact) mass is 354 g/mol. The molecular weight excluding hydrogens is 331 g/mol. The van der Waals surface area contributed by atoms with Crippen LogP contribution in [-0.4, -0.2) is 31.4 Å². The number of rotatable bonds is 6. The third-order valence-corrected chi connectivity index (χ3v) is 4.51. The summed E-state index contributed by atoms with van der Waals surface area (Å²) >= 11 is 0. The fourth-order valence-electron chi connectivity index (χ4n) is 3.09. The highest BCUT2D eigenvalue weighted by molar-refractivity contribution is 5.87. The molecule has 3 aromatic rings. The molecule has 2 aromatic carbocycles. The Kier molecular flexibility index (Phi) is 5.38. The fraction of sp³-hybridized carbons (Fsp3) is 0.286. The summed E-state index contributed by atoms with van der Waals surface area (Å²) in [5.41, 5.74) is 3.61. The van der Waals surface area contributed by atoms with E-state index in [2.05, 4.69) is 5.32 Å². The number of carbonyl (C=O) groups excluding carboxylic acids is 1. The normalized spacial score (nSPS) is 12.5. The maximum absolute atomic E-state index is 13.5. The highest BCUT2D eigenvalue weighted by Crippen LogP contribution is 2.23. The molecule has 0 saturated heterocycles. The fourth-order valence-corrected chi connectivity index (χ4v) is 3.09. The predicted octanol–water partition coefficient (Wildman–Crippen LogP) is 3.84. The number of likely N-dealkylation sites (N-methyl/N-ethyl adjacent to an activating group) is 1. The first-order valence-corrected chi connectivity index (χ1v) is 8.59. The quantitative estimate of drug-likeness (QED) is 0.731. The molecule has 26 heavy (non-hydrogen) atoms. The summed E-state index contributed by atoms with van der Waals surface area (Å²) in [4.78, 5) is 14.4. The second-order valence-corrected chi connectivity index (χ2v) is 6.78. The van der Waals surface area contributed by atoms with Crippen LogP contribution < -0.4 is 5.32 Å². The molecule has 1 unspecified atom stereocenters. The molecule has 3 rings (SSSR count). The maximum atomic E-state index is 13.5. The van der Waals surface area contributed by atoms with Gasteiger partial charge in [-0.1, -0.05) is 24.3 Å². The van der Waals surface area contributed by atoms with Crippen LogP contribution in [0.2, 0.25) is 0 Å². The molecule has 0 bridgehead atoms. The minimum Gasteiger partial charge on any atom is -0.464 e. The molecule has 1 aromatic heterocycles. The van der Waals surface area contributed by atoms with Crippen LogP contribution in [0.25, 0.3) is 11.0 Å². The molecular formula is C21H23FN2O2. The van der Waals surface area contributed by atoms with Gasteiger partial charge in [0.15, 0.2) is 0 Å². The van der Waals surface area contributed by atoms with Crippen LogP contribution in [0.1, 0.15) is 22.7 Å². The number of furan rings is 1. The molecule has 136 valence electrons. The van der Waals surface area contributed by atoms with Crippen molar-refractivity contribution in [3.05, 3.63) is 71.2 Å². The number of aryl methyl sites for hydroxylation is 1. The molecule has 1 heterocycles. The summed E-state index contributed by atoms with van der Waals surface area (Å²) in [6.45, 7) is 2.41. The number of halogens is 1. The minimum atomic E-state index is -0.277. The van der Waals surface area contributed by atoms with Crippen LogP contribution in [0, 0.1) is 12.7 Å². The van der Waals surface area contributed by atoms with Crippen LogP contribution in [0.4, 0.5) is 4.39 Å². The standard InChI is InChI=1S/C21H23FN2O2/c1-14-7-8-18-16(13-26-20(18)9-14)11-21(25)23-12-19(24(2)3)15-5-4-6-17(22)10-15/h4-10,13,19H,11-12H2,1-3H3,(H,23,25). The Balaban J connectivity index is 1.66. The summed E-state index contributed by atoms with van der Waals surface area (Å²) in [7, 11) is 3.82. The molecule has 1 atom stereocenters. The Morgan fingerprint density at radius 1 is 1.23 bits per heavy atom. The third kappa shape index (κ3) is 4.11. The average molecular weight is 354 g/mol. The van der Waals surface area contributed by atoms with Gasteiger partial charge in [-0.2, -0.15) is 0 Å². The number of amides is 1. The van der Waals surface area contributed by atoms with Crippen LogP contribution in [0.3, 0.4) is 0 Å². The van der Waals surface area contributed by atoms with E-state index < -0.39 is 0 Å². The molecule has 0 saturated carbocycles. The number of hydrogen-bond acceptors (Lipinski definition) is 3. The summed E-state index contributed by atoms with van der Waals surface area (Å²) in [5, 5.41) is 3.91. The molecule has 0 fully saturated rings. The number of carbonyl (C=O) groups is 1. The van der Waals surface area contributed by atoms with E-state index in [4.69, 9.17) is 4.42 Å². The van der Waals surface area contributed by atoms with Gasteiger partial charge in [-0.3, -0.25) is 4.79 Å². The Bertz CT molecular complexity index is 917. The minimum absolute atomic E-state index is 0.0865. The number of nitrogens with one attached hydrogen (secondary N) is 1. The smallest absolute Gasteiger partial charge is 0.224 e. The van der Waals surface area contributed by atoms with Gasteiger partial charge in [0.25, 0.3) is 0 Å². The van der Waals surface area contributed by atoms with E-state index >= 15 is 0 Å². The van der Waals surface area contributed by atoms with Crippen molar-refractivity contribution in [1.82, 2.24) is 10.2 Å². The van der Waals surface area contributed by atoms with Crippen molar-refractivity contribution in [2.75, 3.05) is 20.6 Å². The van der Waals surface area contributed by atoms with Crippen molar-refractivity contribution in [3.63, 3.8) is 0 Å².